The zero-order valence-corrected chi connectivity index (χ0v) is 11.2. The lowest BCUT2D eigenvalue weighted by atomic mass is 10.0. The number of thioether (sulfide) groups is 1. The van der Waals surface area contributed by atoms with Gasteiger partial charge in [0.15, 0.2) is 0 Å². The summed E-state index contributed by atoms with van der Waals surface area (Å²) in [5.74, 6) is 1.09. The van der Waals surface area contributed by atoms with Crippen molar-refractivity contribution in [2.24, 2.45) is 11.7 Å². The summed E-state index contributed by atoms with van der Waals surface area (Å²) >= 11 is 1.68. The van der Waals surface area contributed by atoms with Crippen LogP contribution in [0.2, 0.25) is 0 Å². The quantitative estimate of drug-likeness (QED) is 0.588. The van der Waals surface area contributed by atoms with Gasteiger partial charge in [-0.2, -0.15) is 11.8 Å². The molecule has 4 N–H and O–H groups in total. The summed E-state index contributed by atoms with van der Waals surface area (Å²) in [7, 11) is 0. The molecular formula is C11H24N2O2S. The fraction of sp³-hybridized carbons (Fsp3) is 0.909. The number of hydrogen-bond acceptors (Lipinski definition) is 4. The fourth-order valence-corrected chi connectivity index (χ4v) is 1.87. The van der Waals surface area contributed by atoms with Gasteiger partial charge in [-0.15, -0.1) is 0 Å². The third-order valence-electron chi connectivity index (χ3n) is 2.54. The Balaban J connectivity index is 4.07. The van der Waals surface area contributed by atoms with E-state index in [-0.39, 0.29) is 18.6 Å². The molecule has 0 spiro atoms. The highest BCUT2D eigenvalue weighted by molar-refractivity contribution is 7.98. The molecule has 5 heteroatoms. The second-order valence-corrected chi connectivity index (χ2v) is 5.24. The lowest BCUT2D eigenvalue weighted by Gasteiger charge is -2.23. The number of carbonyl (C=O) groups is 1. The summed E-state index contributed by atoms with van der Waals surface area (Å²) in [5, 5.41) is 11.8. The Hall–Kier alpha value is -0.260. The number of aliphatic hydroxyl groups excluding tert-OH is 1. The van der Waals surface area contributed by atoms with E-state index in [4.69, 9.17) is 10.8 Å². The molecule has 1 amide bonds. The first-order chi connectivity index (χ1) is 7.52. The number of hydrogen-bond donors (Lipinski definition) is 3. The predicted molar refractivity (Wildman–Crippen MR) is 69.4 cm³/mol. The number of amides is 1. The number of aliphatic hydroxyl groups is 1. The van der Waals surface area contributed by atoms with E-state index in [1.165, 1.54) is 0 Å². The van der Waals surface area contributed by atoms with Gasteiger partial charge in [0.25, 0.3) is 0 Å². The Morgan fingerprint density at radius 1 is 1.44 bits per heavy atom. The van der Waals surface area contributed by atoms with Crippen molar-refractivity contribution in [3.05, 3.63) is 0 Å². The van der Waals surface area contributed by atoms with Crippen LogP contribution in [0, 0.1) is 5.92 Å². The van der Waals surface area contributed by atoms with Gasteiger partial charge in [-0.1, -0.05) is 13.8 Å². The zero-order chi connectivity index (χ0) is 12.6. The Morgan fingerprint density at radius 3 is 2.50 bits per heavy atom. The Morgan fingerprint density at radius 2 is 2.06 bits per heavy atom. The molecule has 0 saturated carbocycles. The van der Waals surface area contributed by atoms with E-state index in [2.05, 4.69) is 5.32 Å². The van der Waals surface area contributed by atoms with Crippen LogP contribution in [-0.4, -0.2) is 41.7 Å². The Kier molecular flexibility index (Phi) is 8.70. The molecule has 0 aromatic carbocycles. The van der Waals surface area contributed by atoms with Gasteiger partial charge in [-0.05, 0) is 30.8 Å². The molecule has 0 aromatic rings. The molecule has 0 aliphatic carbocycles. The number of carbonyl (C=O) groups excluding carboxylic acids is 1. The van der Waals surface area contributed by atoms with E-state index in [1.54, 1.807) is 11.8 Å². The van der Waals surface area contributed by atoms with Crippen molar-refractivity contribution < 1.29 is 9.90 Å². The van der Waals surface area contributed by atoms with E-state index in [0.717, 1.165) is 5.75 Å². The molecule has 4 nitrogen and oxygen atoms in total. The third kappa shape index (κ3) is 6.35. The molecule has 2 atom stereocenters. The number of rotatable bonds is 8. The van der Waals surface area contributed by atoms with Gasteiger partial charge >= 0.3 is 0 Å². The lowest BCUT2D eigenvalue weighted by molar-refractivity contribution is -0.123. The first-order valence-electron chi connectivity index (χ1n) is 5.68. The van der Waals surface area contributed by atoms with E-state index < -0.39 is 6.04 Å². The standard InChI is InChI=1S/C11H24N2O2S/c1-8(2)10(4-6-14)13-11(15)9(12)5-7-16-3/h8-10,14H,4-7,12H2,1-3H3,(H,13,15)/t9-,10?/m1/s1. The van der Waals surface area contributed by atoms with Crippen LogP contribution in [-0.2, 0) is 4.79 Å². The van der Waals surface area contributed by atoms with Gasteiger partial charge in [-0.3, -0.25) is 4.79 Å². The summed E-state index contributed by atoms with van der Waals surface area (Å²) < 4.78 is 0. The van der Waals surface area contributed by atoms with Crippen molar-refractivity contribution in [2.75, 3.05) is 18.6 Å². The molecule has 0 bridgehead atoms. The predicted octanol–water partition coefficient (Wildman–Crippen LogP) is 0.590. The molecule has 0 radical (unpaired) electrons. The maximum atomic E-state index is 11.7. The number of nitrogens with one attached hydrogen (secondary N) is 1. The summed E-state index contributed by atoms with van der Waals surface area (Å²) in [6, 6.07) is -0.426. The highest BCUT2D eigenvalue weighted by Crippen LogP contribution is 2.06. The monoisotopic (exact) mass is 248 g/mol. The van der Waals surface area contributed by atoms with Crippen molar-refractivity contribution in [1.82, 2.24) is 5.32 Å². The largest absolute Gasteiger partial charge is 0.396 e. The van der Waals surface area contributed by atoms with Gasteiger partial charge in [0.05, 0.1) is 6.04 Å². The van der Waals surface area contributed by atoms with Gasteiger partial charge < -0.3 is 16.2 Å². The van der Waals surface area contributed by atoms with Crippen LogP contribution in [0.15, 0.2) is 0 Å². The highest BCUT2D eigenvalue weighted by Gasteiger charge is 2.19. The molecule has 1 unspecified atom stereocenters. The average molecular weight is 248 g/mol. The van der Waals surface area contributed by atoms with Crippen LogP contribution in [0.3, 0.4) is 0 Å². The zero-order valence-electron chi connectivity index (χ0n) is 10.4. The summed E-state index contributed by atoms with van der Waals surface area (Å²) in [6.07, 6.45) is 3.27. The van der Waals surface area contributed by atoms with Crippen LogP contribution in [0.5, 0.6) is 0 Å². The minimum atomic E-state index is -0.438. The first-order valence-corrected chi connectivity index (χ1v) is 7.08. The molecule has 0 rings (SSSR count). The smallest absolute Gasteiger partial charge is 0.237 e. The van der Waals surface area contributed by atoms with Crippen molar-refractivity contribution >= 4 is 17.7 Å². The lowest BCUT2D eigenvalue weighted by Crippen LogP contribution is -2.47. The molecule has 0 aliphatic rings. The molecule has 16 heavy (non-hydrogen) atoms. The number of nitrogens with two attached hydrogens (primary N) is 1. The Bertz CT molecular complexity index is 200. The molecule has 0 heterocycles. The van der Waals surface area contributed by atoms with Crippen molar-refractivity contribution in [3.63, 3.8) is 0 Å². The minimum absolute atomic E-state index is 0.0119. The van der Waals surface area contributed by atoms with Crippen LogP contribution < -0.4 is 11.1 Å². The SMILES string of the molecule is CSCC[C@@H](N)C(=O)NC(CCO)C(C)C. The van der Waals surface area contributed by atoms with E-state index in [0.29, 0.717) is 18.8 Å². The molecule has 0 aliphatic heterocycles. The normalized spacial score (nSPS) is 14.9. The molecule has 96 valence electrons. The van der Waals surface area contributed by atoms with Crippen LogP contribution in [0.25, 0.3) is 0 Å². The van der Waals surface area contributed by atoms with Crippen molar-refractivity contribution in [2.45, 2.75) is 38.8 Å². The maximum absolute atomic E-state index is 11.7. The maximum Gasteiger partial charge on any atom is 0.237 e. The molecular weight excluding hydrogens is 224 g/mol. The summed E-state index contributed by atoms with van der Waals surface area (Å²) in [4.78, 5) is 11.7. The third-order valence-corrected chi connectivity index (χ3v) is 3.19. The van der Waals surface area contributed by atoms with E-state index in [9.17, 15) is 4.79 Å². The molecule has 0 saturated heterocycles. The topological polar surface area (TPSA) is 75.4 Å². The summed E-state index contributed by atoms with van der Waals surface area (Å²) in [5.41, 5.74) is 5.76. The first kappa shape index (κ1) is 15.7. The second-order valence-electron chi connectivity index (χ2n) is 4.26. The van der Waals surface area contributed by atoms with Gasteiger partial charge in [-0.25, -0.2) is 0 Å². The highest BCUT2D eigenvalue weighted by atomic mass is 32.2. The average Bonchev–Trinajstić information content (AvgIpc) is 2.24. The second kappa shape index (κ2) is 8.84. The van der Waals surface area contributed by atoms with E-state index >= 15 is 0 Å². The minimum Gasteiger partial charge on any atom is -0.396 e. The molecule has 0 aromatic heterocycles. The van der Waals surface area contributed by atoms with Crippen molar-refractivity contribution in [1.29, 1.82) is 0 Å². The van der Waals surface area contributed by atoms with E-state index in [1.807, 2.05) is 20.1 Å². The van der Waals surface area contributed by atoms with Crippen LogP contribution in [0.4, 0.5) is 0 Å². The van der Waals surface area contributed by atoms with Gasteiger partial charge in [0.1, 0.15) is 0 Å². The Labute approximate surface area is 102 Å². The van der Waals surface area contributed by atoms with Gasteiger partial charge in [0.2, 0.25) is 5.91 Å². The fourth-order valence-electron chi connectivity index (χ4n) is 1.38. The van der Waals surface area contributed by atoms with Crippen LogP contribution in [0.1, 0.15) is 26.7 Å². The molecule has 0 fully saturated rings. The van der Waals surface area contributed by atoms with Crippen LogP contribution >= 0.6 is 11.8 Å². The van der Waals surface area contributed by atoms with Crippen molar-refractivity contribution in [3.8, 4) is 0 Å². The summed E-state index contributed by atoms with van der Waals surface area (Å²) in [6.45, 7) is 4.13. The van der Waals surface area contributed by atoms with Gasteiger partial charge in [0, 0.05) is 12.6 Å².